The molecule has 0 radical (unpaired) electrons. The molecule has 0 bridgehead atoms. The van der Waals surface area contributed by atoms with Crippen molar-refractivity contribution in [1.82, 2.24) is 19.9 Å². The third-order valence-electron chi connectivity index (χ3n) is 3.72. The molecule has 1 aromatic heterocycles. The highest BCUT2D eigenvalue weighted by Gasteiger charge is 2.09. The molecule has 1 saturated heterocycles. The zero-order chi connectivity index (χ0) is 16.1. The molecule has 1 aliphatic rings. The Morgan fingerprint density at radius 2 is 1.96 bits per heavy atom. The highest BCUT2D eigenvalue weighted by Crippen LogP contribution is 2.24. The first-order chi connectivity index (χ1) is 11.2. The average molecular weight is 393 g/mol. The molecule has 6 nitrogen and oxygen atoms in total. The van der Waals surface area contributed by atoms with Gasteiger partial charge in [-0.2, -0.15) is 0 Å². The monoisotopic (exact) mass is 391 g/mol. The van der Waals surface area contributed by atoms with Crippen LogP contribution in [0, 0.1) is 0 Å². The summed E-state index contributed by atoms with van der Waals surface area (Å²) < 4.78 is 7.01. The minimum Gasteiger partial charge on any atom is -0.379 e. The van der Waals surface area contributed by atoms with E-state index in [9.17, 15) is 0 Å². The predicted molar refractivity (Wildman–Crippen MR) is 99.0 cm³/mol. The van der Waals surface area contributed by atoms with Gasteiger partial charge in [-0.05, 0) is 31.2 Å². The number of benzene rings is 1. The molecule has 0 atom stereocenters. The van der Waals surface area contributed by atoms with E-state index < -0.39 is 0 Å². The van der Waals surface area contributed by atoms with Crippen LogP contribution in [0.25, 0.3) is 5.69 Å². The summed E-state index contributed by atoms with van der Waals surface area (Å²) in [5.41, 5.74) is 0.827. The van der Waals surface area contributed by atoms with Crippen molar-refractivity contribution in [3.63, 3.8) is 0 Å². The molecule has 2 aromatic rings. The quantitative estimate of drug-likeness (QED) is 0.766. The summed E-state index contributed by atoms with van der Waals surface area (Å²) in [7, 11) is 0. The van der Waals surface area contributed by atoms with Crippen molar-refractivity contribution in [2.24, 2.45) is 0 Å². The van der Waals surface area contributed by atoms with Crippen molar-refractivity contribution in [3.8, 4) is 5.69 Å². The van der Waals surface area contributed by atoms with Crippen LogP contribution in [0.5, 0.6) is 0 Å². The van der Waals surface area contributed by atoms with E-state index in [1.807, 2.05) is 12.3 Å². The Morgan fingerprint density at radius 3 is 2.71 bits per heavy atom. The van der Waals surface area contributed by atoms with Gasteiger partial charge in [-0.3, -0.25) is 4.90 Å². The van der Waals surface area contributed by atoms with E-state index in [0.29, 0.717) is 10.0 Å². The van der Waals surface area contributed by atoms with Crippen molar-refractivity contribution < 1.29 is 4.74 Å². The minimum atomic E-state index is 0. The van der Waals surface area contributed by atoms with Gasteiger partial charge in [-0.15, -0.1) is 17.5 Å². The average Bonchev–Trinajstić information content (AvgIpc) is 3.04. The van der Waals surface area contributed by atoms with Gasteiger partial charge in [-0.25, -0.2) is 4.68 Å². The van der Waals surface area contributed by atoms with Crippen LogP contribution in [0.4, 0.5) is 5.82 Å². The Labute approximate surface area is 157 Å². The van der Waals surface area contributed by atoms with Crippen molar-refractivity contribution >= 4 is 41.4 Å². The molecule has 0 amide bonds. The fourth-order valence-electron chi connectivity index (χ4n) is 2.44. The van der Waals surface area contributed by atoms with Crippen LogP contribution in [-0.2, 0) is 4.74 Å². The summed E-state index contributed by atoms with van der Waals surface area (Å²) in [4.78, 5) is 2.41. The van der Waals surface area contributed by atoms with Gasteiger partial charge in [0.25, 0.3) is 0 Å². The molecule has 1 aromatic carbocycles. The van der Waals surface area contributed by atoms with E-state index in [1.54, 1.807) is 16.8 Å². The summed E-state index contributed by atoms with van der Waals surface area (Å²) >= 11 is 11.9. The lowest BCUT2D eigenvalue weighted by atomic mass is 10.3. The predicted octanol–water partition coefficient (Wildman–Crippen LogP) is 3.13. The number of nitrogens with zero attached hydrogens (tertiary/aromatic N) is 4. The normalized spacial score (nSPS) is 15.1. The number of hydrogen-bond acceptors (Lipinski definition) is 5. The maximum absolute atomic E-state index is 6.02. The van der Waals surface area contributed by atoms with E-state index in [4.69, 9.17) is 27.9 Å². The van der Waals surface area contributed by atoms with Crippen LogP contribution in [0.2, 0.25) is 10.0 Å². The van der Waals surface area contributed by atoms with Gasteiger partial charge in [0.15, 0.2) is 5.82 Å². The van der Waals surface area contributed by atoms with Gasteiger partial charge in [-0.1, -0.05) is 28.4 Å². The van der Waals surface area contributed by atoms with Crippen LogP contribution in [0.15, 0.2) is 24.4 Å². The SMILES string of the molecule is Cl.Clc1ccc(-n2cc(NCCCN3CCOCC3)nn2)cc1Cl. The summed E-state index contributed by atoms with van der Waals surface area (Å²) in [5, 5.41) is 12.5. The lowest BCUT2D eigenvalue weighted by molar-refractivity contribution is 0.0378. The van der Waals surface area contributed by atoms with Gasteiger partial charge in [0.2, 0.25) is 0 Å². The van der Waals surface area contributed by atoms with Crippen molar-refractivity contribution in [1.29, 1.82) is 0 Å². The molecule has 0 saturated carbocycles. The van der Waals surface area contributed by atoms with Crippen molar-refractivity contribution in [3.05, 3.63) is 34.4 Å². The number of aromatic nitrogens is 3. The topological polar surface area (TPSA) is 55.2 Å². The number of halogens is 3. The molecule has 2 heterocycles. The number of morpholine rings is 1. The fourth-order valence-corrected chi connectivity index (χ4v) is 2.73. The van der Waals surface area contributed by atoms with Crippen LogP contribution in [-0.4, -0.2) is 59.3 Å². The first-order valence-corrected chi connectivity index (χ1v) is 8.40. The van der Waals surface area contributed by atoms with Crippen molar-refractivity contribution in [2.75, 3.05) is 44.7 Å². The molecule has 1 aliphatic heterocycles. The largest absolute Gasteiger partial charge is 0.379 e. The second-order valence-electron chi connectivity index (χ2n) is 5.38. The van der Waals surface area contributed by atoms with Gasteiger partial charge in [0.05, 0.1) is 35.1 Å². The van der Waals surface area contributed by atoms with Crippen LogP contribution < -0.4 is 5.32 Å². The molecule has 132 valence electrons. The zero-order valence-electron chi connectivity index (χ0n) is 13.1. The highest BCUT2D eigenvalue weighted by molar-refractivity contribution is 6.42. The van der Waals surface area contributed by atoms with Gasteiger partial charge in [0.1, 0.15) is 0 Å². The Hall–Kier alpha value is -1.05. The Balaban J connectivity index is 0.00000208. The molecular formula is C15H20Cl3N5O. The van der Waals surface area contributed by atoms with E-state index in [0.717, 1.165) is 57.3 Å². The molecule has 9 heteroatoms. The molecule has 3 rings (SSSR count). The summed E-state index contributed by atoms with van der Waals surface area (Å²) in [5.74, 6) is 0.748. The second kappa shape index (κ2) is 9.44. The Morgan fingerprint density at radius 1 is 1.17 bits per heavy atom. The lowest BCUT2D eigenvalue weighted by Crippen LogP contribution is -2.37. The first-order valence-electron chi connectivity index (χ1n) is 7.64. The molecule has 0 spiro atoms. The molecule has 1 N–H and O–H groups in total. The molecule has 1 fully saturated rings. The summed E-state index contributed by atoms with van der Waals surface area (Å²) in [6.07, 6.45) is 2.90. The maximum Gasteiger partial charge on any atom is 0.169 e. The number of anilines is 1. The minimum absolute atomic E-state index is 0. The van der Waals surface area contributed by atoms with Crippen LogP contribution in [0.3, 0.4) is 0 Å². The third kappa shape index (κ3) is 5.22. The second-order valence-corrected chi connectivity index (χ2v) is 6.20. The van der Waals surface area contributed by atoms with E-state index >= 15 is 0 Å². The molecular weight excluding hydrogens is 373 g/mol. The summed E-state index contributed by atoms with van der Waals surface area (Å²) in [6, 6.07) is 5.36. The smallest absolute Gasteiger partial charge is 0.169 e. The van der Waals surface area contributed by atoms with Crippen molar-refractivity contribution in [2.45, 2.75) is 6.42 Å². The van der Waals surface area contributed by atoms with E-state index in [1.165, 1.54) is 0 Å². The first kappa shape index (κ1) is 19.3. The van der Waals surface area contributed by atoms with E-state index in [2.05, 4.69) is 20.5 Å². The van der Waals surface area contributed by atoms with Crippen LogP contribution in [0.1, 0.15) is 6.42 Å². The van der Waals surface area contributed by atoms with Gasteiger partial charge >= 0.3 is 0 Å². The Kier molecular flexibility index (Phi) is 7.58. The van der Waals surface area contributed by atoms with Crippen LogP contribution >= 0.6 is 35.6 Å². The van der Waals surface area contributed by atoms with Gasteiger partial charge in [0, 0.05) is 19.6 Å². The number of rotatable bonds is 6. The summed E-state index contributed by atoms with van der Waals surface area (Å²) in [6.45, 7) is 5.65. The maximum atomic E-state index is 6.02. The molecule has 24 heavy (non-hydrogen) atoms. The molecule has 0 aliphatic carbocycles. The third-order valence-corrected chi connectivity index (χ3v) is 4.46. The fraction of sp³-hybridized carbons (Fsp3) is 0.467. The Bertz CT molecular complexity index is 646. The number of ether oxygens (including phenoxy) is 1. The van der Waals surface area contributed by atoms with E-state index in [-0.39, 0.29) is 12.4 Å². The lowest BCUT2D eigenvalue weighted by Gasteiger charge is -2.26. The zero-order valence-corrected chi connectivity index (χ0v) is 15.4. The number of nitrogens with one attached hydrogen (secondary N) is 1. The van der Waals surface area contributed by atoms with Gasteiger partial charge < -0.3 is 10.1 Å². The highest BCUT2D eigenvalue weighted by atomic mass is 35.5. The molecule has 0 unspecified atom stereocenters. The standard InChI is InChI=1S/C15H19Cl2N5O.ClH/c16-13-3-2-12(10-14(13)17)22-11-15(19-20-22)18-4-1-5-21-6-8-23-9-7-21;/h2-3,10-11,18H,1,4-9H2;1H. The number of hydrogen-bond donors (Lipinski definition) is 1.